The first-order valence-corrected chi connectivity index (χ1v) is 5.91. The number of benzene rings is 2. The highest BCUT2D eigenvalue weighted by Crippen LogP contribution is 2.21. The molecule has 17 heavy (non-hydrogen) atoms. The van der Waals surface area contributed by atoms with Crippen LogP contribution in [-0.4, -0.2) is 5.11 Å². The van der Waals surface area contributed by atoms with Crippen LogP contribution in [0.5, 0.6) is 5.75 Å². The minimum atomic E-state index is 0.325. The third-order valence-corrected chi connectivity index (χ3v) is 3.16. The molecule has 0 heterocycles. The minimum Gasteiger partial charge on any atom is -0.508 e. The molecule has 1 nitrogen and oxygen atoms in total. The second-order valence-electron chi connectivity index (χ2n) is 4.72. The molecule has 88 valence electrons. The van der Waals surface area contributed by atoms with Gasteiger partial charge in [0.05, 0.1) is 0 Å². The van der Waals surface area contributed by atoms with Crippen molar-refractivity contribution in [2.45, 2.75) is 27.2 Å². The number of aryl methyl sites for hydroxylation is 3. The molecule has 2 rings (SSSR count). The first-order chi connectivity index (χ1) is 8.06. The number of rotatable bonds is 2. The van der Waals surface area contributed by atoms with Crippen LogP contribution in [0.3, 0.4) is 0 Å². The predicted molar refractivity (Wildman–Crippen MR) is 71.6 cm³/mol. The van der Waals surface area contributed by atoms with Crippen LogP contribution in [0.1, 0.15) is 27.8 Å². The van der Waals surface area contributed by atoms with Crippen molar-refractivity contribution in [2.75, 3.05) is 0 Å². The van der Waals surface area contributed by atoms with E-state index in [4.69, 9.17) is 0 Å². The maximum Gasteiger partial charge on any atom is 0.115 e. The van der Waals surface area contributed by atoms with Gasteiger partial charge in [-0.05, 0) is 61.6 Å². The summed E-state index contributed by atoms with van der Waals surface area (Å²) in [5.74, 6) is 0.325. The summed E-state index contributed by atoms with van der Waals surface area (Å²) in [6.07, 6.45) is 0.929. The molecule has 2 aromatic carbocycles. The Morgan fingerprint density at radius 1 is 0.882 bits per heavy atom. The smallest absolute Gasteiger partial charge is 0.115 e. The van der Waals surface area contributed by atoms with Crippen molar-refractivity contribution in [3.05, 3.63) is 64.2 Å². The molecular formula is C16H18O. The van der Waals surface area contributed by atoms with Gasteiger partial charge in [0.2, 0.25) is 0 Å². The minimum absolute atomic E-state index is 0.325. The quantitative estimate of drug-likeness (QED) is 0.823. The summed E-state index contributed by atoms with van der Waals surface area (Å²) in [4.78, 5) is 0. The zero-order valence-electron chi connectivity index (χ0n) is 10.6. The summed E-state index contributed by atoms with van der Waals surface area (Å²) in [5.41, 5.74) is 6.62. The summed E-state index contributed by atoms with van der Waals surface area (Å²) in [5, 5.41) is 9.27. The highest BCUT2D eigenvalue weighted by atomic mass is 16.3. The van der Waals surface area contributed by atoms with E-state index < -0.39 is 0 Å². The summed E-state index contributed by atoms with van der Waals surface area (Å²) in [7, 11) is 0. The first-order valence-electron chi connectivity index (χ1n) is 5.91. The number of phenolic OH excluding ortho intramolecular Hbond substituents is 1. The lowest BCUT2D eigenvalue weighted by molar-refractivity contribution is 0.475. The van der Waals surface area contributed by atoms with E-state index in [-0.39, 0.29) is 0 Å². The van der Waals surface area contributed by atoms with Crippen LogP contribution in [-0.2, 0) is 6.42 Å². The van der Waals surface area contributed by atoms with Crippen LogP contribution in [0.15, 0.2) is 36.4 Å². The molecule has 0 aliphatic rings. The Hall–Kier alpha value is -1.76. The van der Waals surface area contributed by atoms with Gasteiger partial charge in [-0.15, -0.1) is 0 Å². The van der Waals surface area contributed by atoms with E-state index in [9.17, 15) is 5.11 Å². The van der Waals surface area contributed by atoms with Gasteiger partial charge in [0.15, 0.2) is 0 Å². The summed E-state index contributed by atoms with van der Waals surface area (Å²) >= 11 is 0. The molecule has 0 amide bonds. The van der Waals surface area contributed by atoms with Crippen LogP contribution < -0.4 is 0 Å². The average molecular weight is 226 g/mol. The van der Waals surface area contributed by atoms with Gasteiger partial charge in [-0.1, -0.05) is 29.8 Å². The van der Waals surface area contributed by atoms with Crippen molar-refractivity contribution in [1.29, 1.82) is 0 Å². The Labute approximate surface area is 103 Å². The second kappa shape index (κ2) is 4.62. The molecule has 0 unspecified atom stereocenters. The SMILES string of the molecule is Cc1cc(C)c(Cc2ccc(O)cc2)c(C)c1. The number of hydrogen-bond acceptors (Lipinski definition) is 1. The molecule has 0 aliphatic carbocycles. The lowest BCUT2D eigenvalue weighted by Crippen LogP contribution is -1.96. The molecule has 0 atom stereocenters. The standard InChI is InChI=1S/C16H18O/c1-11-8-12(2)16(13(3)9-11)10-14-4-6-15(17)7-5-14/h4-9,17H,10H2,1-3H3. The van der Waals surface area contributed by atoms with Crippen LogP contribution in [0, 0.1) is 20.8 Å². The molecule has 0 aliphatic heterocycles. The van der Waals surface area contributed by atoms with Crippen molar-refractivity contribution < 1.29 is 5.11 Å². The zero-order chi connectivity index (χ0) is 12.4. The Morgan fingerprint density at radius 3 is 1.94 bits per heavy atom. The van der Waals surface area contributed by atoms with Crippen molar-refractivity contribution in [1.82, 2.24) is 0 Å². The van der Waals surface area contributed by atoms with E-state index in [0.29, 0.717) is 5.75 Å². The number of hydrogen-bond donors (Lipinski definition) is 1. The molecule has 0 saturated heterocycles. The monoisotopic (exact) mass is 226 g/mol. The maximum absolute atomic E-state index is 9.27. The average Bonchev–Trinajstić information content (AvgIpc) is 2.26. The van der Waals surface area contributed by atoms with Crippen molar-refractivity contribution in [3.8, 4) is 5.75 Å². The maximum atomic E-state index is 9.27. The fraction of sp³-hybridized carbons (Fsp3) is 0.250. The van der Waals surface area contributed by atoms with Crippen LogP contribution in [0.4, 0.5) is 0 Å². The summed E-state index contributed by atoms with van der Waals surface area (Å²) in [6, 6.07) is 11.9. The second-order valence-corrected chi connectivity index (χ2v) is 4.72. The predicted octanol–water partition coefficient (Wildman–Crippen LogP) is 3.91. The van der Waals surface area contributed by atoms with Crippen molar-refractivity contribution in [3.63, 3.8) is 0 Å². The number of phenols is 1. The Balaban J connectivity index is 2.33. The molecule has 0 saturated carbocycles. The molecule has 0 spiro atoms. The molecule has 2 aromatic rings. The largest absolute Gasteiger partial charge is 0.508 e. The molecule has 1 heteroatoms. The summed E-state index contributed by atoms with van der Waals surface area (Å²) in [6.45, 7) is 6.45. The Bertz CT molecular complexity index is 501. The number of aromatic hydroxyl groups is 1. The fourth-order valence-corrected chi connectivity index (χ4v) is 2.31. The van der Waals surface area contributed by atoms with Crippen LogP contribution in [0.2, 0.25) is 0 Å². The topological polar surface area (TPSA) is 20.2 Å². The van der Waals surface area contributed by atoms with E-state index in [0.717, 1.165) is 6.42 Å². The highest BCUT2D eigenvalue weighted by molar-refractivity contribution is 5.41. The lowest BCUT2D eigenvalue weighted by atomic mass is 9.94. The molecule has 0 radical (unpaired) electrons. The van der Waals surface area contributed by atoms with Gasteiger partial charge < -0.3 is 5.11 Å². The third-order valence-electron chi connectivity index (χ3n) is 3.16. The zero-order valence-corrected chi connectivity index (χ0v) is 10.6. The fourth-order valence-electron chi connectivity index (χ4n) is 2.31. The molecule has 1 N–H and O–H groups in total. The molecule has 0 bridgehead atoms. The Morgan fingerprint density at radius 2 is 1.41 bits per heavy atom. The van der Waals surface area contributed by atoms with E-state index in [1.165, 1.54) is 27.8 Å². The normalized spacial score (nSPS) is 10.5. The first kappa shape index (κ1) is 11.7. The molecule has 0 aromatic heterocycles. The van der Waals surface area contributed by atoms with Gasteiger partial charge in [-0.3, -0.25) is 0 Å². The van der Waals surface area contributed by atoms with Crippen molar-refractivity contribution in [2.24, 2.45) is 0 Å². The summed E-state index contributed by atoms with van der Waals surface area (Å²) < 4.78 is 0. The van der Waals surface area contributed by atoms with Crippen LogP contribution >= 0.6 is 0 Å². The van der Waals surface area contributed by atoms with Gasteiger partial charge in [0, 0.05) is 0 Å². The van der Waals surface area contributed by atoms with Crippen molar-refractivity contribution >= 4 is 0 Å². The van der Waals surface area contributed by atoms with E-state index >= 15 is 0 Å². The van der Waals surface area contributed by atoms with E-state index in [1.54, 1.807) is 12.1 Å². The highest BCUT2D eigenvalue weighted by Gasteiger charge is 2.05. The van der Waals surface area contributed by atoms with Crippen LogP contribution in [0.25, 0.3) is 0 Å². The third kappa shape index (κ3) is 2.68. The van der Waals surface area contributed by atoms with E-state index in [2.05, 4.69) is 32.9 Å². The molecule has 0 fully saturated rings. The van der Waals surface area contributed by atoms with E-state index in [1.807, 2.05) is 12.1 Å². The lowest BCUT2D eigenvalue weighted by Gasteiger charge is -2.11. The Kier molecular flexibility index (Phi) is 3.19. The van der Waals surface area contributed by atoms with Gasteiger partial charge in [0.25, 0.3) is 0 Å². The van der Waals surface area contributed by atoms with Gasteiger partial charge in [-0.25, -0.2) is 0 Å². The van der Waals surface area contributed by atoms with Gasteiger partial charge in [0.1, 0.15) is 5.75 Å². The molecular weight excluding hydrogens is 208 g/mol. The van der Waals surface area contributed by atoms with Gasteiger partial charge >= 0.3 is 0 Å². The van der Waals surface area contributed by atoms with Gasteiger partial charge in [-0.2, -0.15) is 0 Å².